The lowest BCUT2D eigenvalue weighted by Gasteiger charge is -2.37. The van der Waals surface area contributed by atoms with E-state index in [4.69, 9.17) is 16.3 Å². The van der Waals surface area contributed by atoms with E-state index in [9.17, 15) is 9.59 Å². The third kappa shape index (κ3) is 5.66. The topological polar surface area (TPSA) is 61.9 Å². The van der Waals surface area contributed by atoms with Crippen molar-refractivity contribution in [3.05, 3.63) is 53.1 Å². The summed E-state index contributed by atoms with van der Waals surface area (Å²) < 4.78 is 5.50. The first kappa shape index (κ1) is 22.0. The van der Waals surface area contributed by atoms with Crippen molar-refractivity contribution in [2.75, 3.05) is 43.0 Å². The second-order valence-electron chi connectivity index (χ2n) is 7.78. The highest BCUT2D eigenvalue weighted by atomic mass is 35.5. The summed E-state index contributed by atoms with van der Waals surface area (Å²) in [6.45, 7) is 8.59. The van der Waals surface area contributed by atoms with Gasteiger partial charge in [0.25, 0.3) is 5.91 Å². The minimum atomic E-state index is -0.250. The molecule has 1 aliphatic heterocycles. The number of aryl methyl sites for hydroxylation is 1. The van der Waals surface area contributed by atoms with Gasteiger partial charge in [-0.15, -0.1) is 0 Å². The van der Waals surface area contributed by atoms with Crippen molar-refractivity contribution in [1.82, 2.24) is 4.90 Å². The maximum Gasteiger partial charge on any atom is 0.262 e. The number of halogens is 1. The van der Waals surface area contributed by atoms with Crippen molar-refractivity contribution in [2.45, 2.75) is 20.8 Å². The fourth-order valence-corrected chi connectivity index (χ4v) is 3.65. The number of piperazine rings is 1. The zero-order valence-electron chi connectivity index (χ0n) is 17.7. The normalized spacial score (nSPS) is 14.0. The van der Waals surface area contributed by atoms with E-state index >= 15 is 0 Å². The van der Waals surface area contributed by atoms with Gasteiger partial charge in [-0.2, -0.15) is 0 Å². The lowest BCUT2D eigenvalue weighted by atomic mass is 10.1. The zero-order valence-corrected chi connectivity index (χ0v) is 18.4. The fraction of sp³-hybridized carbons (Fsp3) is 0.391. The number of ether oxygens (including phenoxy) is 1. The minimum absolute atomic E-state index is 0.0121. The SMILES string of the molecule is Cc1ccc(OCC(=O)Nc2ccc(N3CCN(C(=O)C(C)C)CC3)c(Cl)c2)cc1. The van der Waals surface area contributed by atoms with Gasteiger partial charge < -0.3 is 19.9 Å². The van der Waals surface area contributed by atoms with E-state index < -0.39 is 0 Å². The van der Waals surface area contributed by atoms with E-state index in [1.807, 2.05) is 62.1 Å². The first-order chi connectivity index (χ1) is 14.3. The number of amides is 2. The van der Waals surface area contributed by atoms with Gasteiger partial charge in [-0.1, -0.05) is 43.1 Å². The molecule has 30 heavy (non-hydrogen) atoms. The van der Waals surface area contributed by atoms with Crippen molar-refractivity contribution in [3.63, 3.8) is 0 Å². The molecule has 7 heteroatoms. The van der Waals surface area contributed by atoms with Crippen molar-refractivity contribution in [1.29, 1.82) is 0 Å². The van der Waals surface area contributed by atoms with Gasteiger partial charge in [-0.05, 0) is 37.3 Å². The fourth-order valence-electron chi connectivity index (χ4n) is 3.35. The summed E-state index contributed by atoms with van der Waals surface area (Å²) >= 11 is 6.48. The summed E-state index contributed by atoms with van der Waals surface area (Å²) in [5.74, 6) is 0.601. The molecular formula is C23H28ClN3O3. The molecular weight excluding hydrogens is 402 g/mol. The zero-order chi connectivity index (χ0) is 21.7. The molecule has 0 spiro atoms. The van der Waals surface area contributed by atoms with Gasteiger partial charge in [0.1, 0.15) is 5.75 Å². The Balaban J connectivity index is 1.53. The molecule has 0 aliphatic carbocycles. The molecule has 3 rings (SSSR count). The summed E-state index contributed by atoms with van der Waals surface area (Å²) in [5, 5.41) is 3.37. The predicted molar refractivity (Wildman–Crippen MR) is 120 cm³/mol. The van der Waals surface area contributed by atoms with Crippen LogP contribution in [0.5, 0.6) is 5.75 Å². The van der Waals surface area contributed by atoms with Crippen LogP contribution in [-0.2, 0) is 9.59 Å². The van der Waals surface area contributed by atoms with Crippen LogP contribution in [0.15, 0.2) is 42.5 Å². The maximum atomic E-state index is 12.2. The Bertz CT molecular complexity index is 891. The van der Waals surface area contributed by atoms with E-state index in [2.05, 4.69) is 10.2 Å². The Kier molecular flexibility index (Phi) is 7.21. The third-order valence-electron chi connectivity index (χ3n) is 5.05. The molecule has 0 bridgehead atoms. The molecule has 6 nitrogen and oxygen atoms in total. The molecule has 2 aromatic carbocycles. The maximum absolute atomic E-state index is 12.2. The van der Waals surface area contributed by atoms with Gasteiger partial charge >= 0.3 is 0 Å². The van der Waals surface area contributed by atoms with Gasteiger partial charge in [-0.3, -0.25) is 9.59 Å². The summed E-state index contributed by atoms with van der Waals surface area (Å²) in [6, 6.07) is 13.0. The summed E-state index contributed by atoms with van der Waals surface area (Å²) in [4.78, 5) is 28.4. The Hall–Kier alpha value is -2.73. The van der Waals surface area contributed by atoms with Crippen molar-refractivity contribution >= 4 is 34.8 Å². The quantitative estimate of drug-likeness (QED) is 0.754. The molecule has 1 aliphatic rings. The standard InChI is InChI=1S/C23H28ClN3O3/c1-16(2)23(29)27-12-10-26(11-13-27)21-9-6-18(14-20(21)24)25-22(28)15-30-19-7-4-17(3)5-8-19/h4-9,14,16H,10-13,15H2,1-3H3,(H,25,28). The molecule has 1 N–H and O–H groups in total. The number of nitrogens with zero attached hydrogens (tertiary/aromatic N) is 2. The molecule has 2 amide bonds. The third-order valence-corrected chi connectivity index (χ3v) is 5.35. The van der Waals surface area contributed by atoms with Crippen LogP contribution in [-0.4, -0.2) is 49.5 Å². The van der Waals surface area contributed by atoms with Crippen LogP contribution >= 0.6 is 11.6 Å². The monoisotopic (exact) mass is 429 g/mol. The average Bonchev–Trinajstić information content (AvgIpc) is 2.73. The second kappa shape index (κ2) is 9.85. The van der Waals surface area contributed by atoms with E-state index in [0.717, 1.165) is 24.3 Å². The van der Waals surface area contributed by atoms with Gasteiger partial charge in [0, 0.05) is 37.8 Å². The van der Waals surface area contributed by atoms with Crippen LogP contribution < -0.4 is 15.0 Å². The van der Waals surface area contributed by atoms with Gasteiger partial charge in [-0.25, -0.2) is 0 Å². The molecule has 1 fully saturated rings. The number of anilines is 2. The lowest BCUT2D eigenvalue weighted by Crippen LogP contribution is -2.50. The molecule has 0 atom stereocenters. The number of rotatable bonds is 6. The van der Waals surface area contributed by atoms with Crippen molar-refractivity contribution < 1.29 is 14.3 Å². The van der Waals surface area contributed by atoms with Gasteiger partial charge in [0.15, 0.2) is 6.61 Å². The summed E-state index contributed by atoms with van der Waals surface area (Å²) in [6.07, 6.45) is 0. The Morgan fingerprint density at radius 1 is 1.07 bits per heavy atom. The van der Waals surface area contributed by atoms with Crippen molar-refractivity contribution in [3.8, 4) is 5.75 Å². The number of carbonyl (C=O) groups excluding carboxylic acids is 2. The van der Waals surface area contributed by atoms with Crippen LogP contribution in [0.2, 0.25) is 5.02 Å². The number of hydrogen-bond donors (Lipinski definition) is 1. The minimum Gasteiger partial charge on any atom is -0.484 e. The summed E-state index contributed by atoms with van der Waals surface area (Å²) in [5.41, 5.74) is 2.66. The Labute approximate surface area is 182 Å². The molecule has 160 valence electrons. The molecule has 0 unspecified atom stereocenters. The first-order valence-electron chi connectivity index (χ1n) is 10.2. The van der Waals surface area contributed by atoms with Gasteiger partial charge in [0.05, 0.1) is 10.7 Å². The van der Waals surface area contributed by atoms with Gasteiger partial charge in [0.2, 0.25) is 5.91 Å². The van der Waals surface area contributed by atoms with Crippen molar-refractivity contribution in [2.24, 2.45) is 5.92 Å². The molecule has 2 aromatic rings. The van der Waals surface area contributed by atoms with Crippen LogP contribution in [0.3, 0.4) is 0 Å². The molecule has 1 saturated heterocycles. The lowest BCUT2D eigenvalue weighted by molar-refractivity contribution is -0.134. The average molecular weight is 430 g/mol. The van der Waals surface area contributed by atoms with Crippen LogP contribution in [0.25, 0.3) is 0 Å². The number of carbonyl (C=O) groups is 2. The first-order valence-corrected chi connectivity index (χ1v) is 10.5. The molecule has 0 saturated carbocycles. The van der Waals surface area contributed by atoms with E-state index in [1.165, 1.54) is 0 Å². The summed E-state index contributed by atoms with van der Waals surface area (Å²) in [7, 11) is 0. The highest BCUT2D eigenvalue weighted by Gasteiger charge is 2.24. The largest absolute Gasteiger partial charge is 0.484 e. The Morgan fingerprint density at radius 2 is 1.73 bits per heavy atom. The van der Waals surface area contributed by atoms with E-state index in [1.54, 1.807) is 6.07 Å². The highest BCUT2D eigenvalue weighted by Crippen LogP contribution is 2.30. The number of nitrogens with one attached hydrogen (secondary N) is 1. The van der Waals surface area contributed by atoms with E-state index in [-0.39, 0.29) is 24.3 Å². The predicted octanol–water partition coefficient (Wildman–Crippen LogP) is 3.97. The molecule has 0 aromatic heterocycles. The second-order valence-corrected chi connectivity index (χ2v) is 8.19. The Morgan fingerprint density at radius 3 is 2.33 bits per heavy atom. The van der Waals surface area contributed by atoms with E-state index in [0.29, 0.717) is 29.5 Å². The molecule has 1 heterocycles. The highest BCUT2D eigenvalue weighted by molar-refractivity contribution is 6.33. The van der Waals surface area contributed by atoms with Crippen LogP contribution in [0.4, 0.5) is 11.4 Å². The number of benzene rings is 2. The number of hydrogen-bond acceptors (Lipinski definition) is 4. The molecule has 0 radical (unpaired) electrons. The smallest absolute Gasteiger partial charge is 0.262 e. The van der Waals surface area contributed by atoms with Crippen LogP contribution in [0.1, 0.15) is 19.4 Å². The van der Waals surface area contributed by atoms with Crippen LogP contribution in [0, 0.1) is 12.8 Å².